The molecule has 1 fully saturated rings. The van der Waals surface area contributed by atoms with Gasteiger partial charge in [0.15, 0.2) is 12.6 Å². The first-order valence-electron chi connectivity index (χ1n) is 10.2. The zero-order valence-corrected chi connectivity index (χ0v) is 18.0. The number of ether oxygens (including phenoxy) is 2. The number of methoxy groups -OCH3 is 1. The number of alkyl halides is 3. The van der Waals surface area contributed by atoms with Crippen molar-refractivity contribution in [2.45, 2.75) is 51.4 Å². The summed E-state index contributed by atoms with van der Waals surface area (Å²) in [5.74, 6) is 0.952. The fourth-order valence-electron chi connectivity index (χ4n) is 4.54. The van der Waals surface area contributed by atoms with E-state index in [1.807, 2.05) is 19.9 Å². The highest BCUT2D eigenvalue weighted by Gasteiger charge is 2.50. The summed E-state index contributed by atoms with van der Waals surface area (Å²) in [7, 11) is 1.41. The molecule has 0 radical (unpaired) electrons. The van der Waals surface area contributed by atoms with Gasteiger partial charge in [0.2, 0.25) is 0 Å². The van der Waals surface area contributed by atoms with Gasteiger partial charge in [-0.15, -0.1) is 10.2 Å². The number of aryl methyl sites for hydroxylation is 1. The fourth-order valence-corrected chi connectivity index (χ4v) is 4.54. The second-order valence-electron chi connectivity index (χ2n) is 8.65. The number of hydrogen-bond acceptors (Lipinski definition) is 6. The summed E-state index contributed by atoms with van der Waals surface area (Å²) in [6, 6.07) is 4.14. The Labute approximate surface area is 179 Å². The molecule has 1 aromatic carbocycles. The molecule has 1 aromatic heterocycles. The van der Waals surface area contributed by atoms with Gasteiger partial charge < -0.3 is 19.5 Å². The van der Waals surface area contributed by atoms with E-state index in [9.17, 15) is 18.3 Å². The van der Waals surface area contributed by atoms with Crippen molar-refractivity contribution < 1.29 is 27.8 Å². The van der Waals surface area contributed by atoms with Crippen LogP contribution in [0.2, 0.25) is 0 Å². The molecular weight excluding hydrogens is 411 g/mol. The van der Waals surface area contributed by atoms with E-state index < -0.39 is 17.3 Å². The molecule has 0 unspecified atom stereocenters. The largest absolute Gasteiger partial charge is 0.467 e. The van der Waals surface area contributed by atoms with Crippen molar-refractivity contribution in [1.29, 1.82) is 0 Å². The normalized spacial score (nSPS) is 25.4. The Kier molecular flexibility index (Phi) is 5.37. The third-order valence-corrected chi connectivity index (χ3v) is 6.54. The molecule has 0 saturated heterocycles. The Morgan fingerprint density at radius 1 is 1.26 bits per heavy atom. The number of nitrogens with zero attached hydrogens (tertiary/aromatic N) is 3. The average molecular weight is 437 g/mol. The monoisotopic (exact) mass is 437 g/mol. The van der Waals surface area contributed by atoms with Crippen molar-refractivity contribution in [1.82, 2.24) is 10.2 Å². The summed E-state index contributed by atoms with van der Waals surface area (Å²) in [4.78, 5) is 2.18. The lowest BCUT2D eigenvalue weighted by molar-refractivity contribution is -0.137. The molecule has 168 valence electrons. The molecule has 0 amide bonds. The lowest BCUT2D eigenvalue weighted by Crippen LogP contribution is -2.61. The van der Waals surface area contributed by atoms with Crippen LogP contribution in [-0.4, -0.2) is 47.4 Å². The molecule has 6 nitrogen and oxygen atoms in total. The zero-order valence-electron chi connectivity index (χ0n) is 18.0. The maximum absolute atomic E-state index is 13.3. The minimum atomic E-state index is -4.49. The van der Waals surface area contributed by atoms with Gasteiger partial charge >= 0.3 is 6.18 Å². The first-order valence-corrected chi connectivity index (χ1v) is 10.2. The van der Waals surface area contributed by atoms with Crippen molar-refractivity contribution in [3.8, 4) is 17.0 Å². The number of anilines is 1. The van der Waals surface area contributed by atoms with E-state index in [-0.39, 0.29) is 24.5 Å². The van der Waals surface area contributed by atoms with E-state index in [0.717, 1.165) is 36.5 Å². The standard InChI is InChI=1S/C22H26F3N3O3/c1-12-7-15(22(23,24)25)9-18(31-11-30-4)19(12)16-8-14-5-6-28(20(14)27-26-16)17-10-21(3,29)13(17)2/h7-9,13,17,29H,5-6,10-11H2,1-4H3/t13-,17-,21+/m0/s1. The molecule has 1 aliphatic heterocycles. The van der Waals surface area contributed by atoms with Crippen molar-refractivity contribution in [2.24, 2.45) is 5.92 Å². The minimum Gasteiger partial charge on any atom is -0.467 e. The Bertz CT molecular complexity index is 994. The number of aliphatic hydroxyl groups is 1. The van der Waals surface area contributed by atoms with Crippen LogP contribution < -0.4 is 9.64 Å². The average Bonchev–Trinajstić information content (AvgIpc) is 3.11. The van der Waals surface area contributed by atoms with Crippen LogP contribution in [0.5, 0.6) is 5.75 Å². The molecule has 0 spiro atoms. The number of rotatable bonds is 5. The molecule has 9 heteroatoms. The molecule has 0 bridgehead atoms. The summed E-state index contributed by atoms with van der Waals surface area (Å²) in [6.45, 7) is 6.06. The zero-order chi connectivity index (χ0) is 22.6. The number of aromatic nitrogens is 2. The van der Waals surface area contributed by atoms with E-state index >= 15 is 0 Å². The molecule has 2 heterocycles. The summed E-state index contributed by atoms with van der Waals surface area (Å²) >= 11 is 0. The van der Waals surface area contributed by atoms with Crippen molar-refractivity contribution in [2.75, 3.05) is 25.3 Å². The van der Waals surface area contributed by atoms with Gasteiger partial charge in [0.1, 0.15) is 5.75 Å². The summed E-state index contributed by atoms with van der Waals surface area (Å²) in [5, 5.41) is 19.1. The highest BCUT2D eigenvalue weighted by atomic mass is 19.4. The molecule has 1 saturated carbocycles. The third kappa shape index (κ3) is 3.85. The van der Waals surface area contributed by atoms with Crippen molar-refractivity contribution in [3.05, 3.63) is 34.9 Å². The number of fused-ring (bicyclic) bond motifs is 1. The molecular formula is C22H26F3N3O3. The number of hydrogen-bond donors (Lipinski definition) is 1. The van der Waals surface area contributed by atoms with Gasteiger partial charge in [0, 0.05) is 36.7 Å². The Balaban J connectivity index is 1.70. The van der Waals surface area contributed by atoms with E-state index in [4.69, 9.17) is 9.47 Å². The number of halogens is 3. The molecule has 4 rings (SSSR count). The maximum atomic E-state index is 13.3. The second kappa shape index (κ2) is 7.63. The molecule has 1 aliphatic carbocycles. The second-order valence-corrected chi connectivity index (χ2v) is 8.65. The highest BCUT2D eigenvalue weighted by molar-refractivity contribution is 5.73. The Morgan fingerprint density at radius 3 is 2.61 bits per heavy atom. The molecule has 3 atom stereocenters. The fraction of sp³-hybridized carbons (Fsp3) is 0.545. The maximum Gasteiger partial charge on any atom is 0.416 e. The lowest BCUT2D eigenvalue weighted by Gasteiger charge is -2.52. The molecule has 31 heavy (non-hydrogen) atoms. The van der Waals surface area contributed by atoms with Crippen LogP contribution in [0.25, 0.3) is 11.3 Å². The van der Waals surface area contributed by atoms with Gasteiger partial charge in [-0.3, -0.25) is 0 Å². The van der Waals surface area contributed by atoms with Crippen LogP contribution in [0.1, 0.15) is 37.0 Å². The molecule has 2 aromatic rings. The quantitative estimate of drug-likeness (QED) is 0.714. The molecule has 2 aliphatic rings. The van der Waals surface area contributed by atoms with E-state index in [1.165, 1.54) is 7.11 Å². The van der Waals surface area contributed by atoms with Crippen LogP contribution in [0, 0.1) is 12.8 Å². The predicted molar refractivity (Wildman–Crippen MR) is 109 cm³/mol. The van der Waals surface area contributed by atoms with E-state index in [1.54, 1.807) is 6.92 Å². The first kappa shape index (κ1) is 21.8. The van der Waals surface area contributed by atoms with Crippen LogP contribution in [0.15, 0.2) is 18.2 Å². The SMILES string of the molecule is COCOc1cc(C(F)(F)F)cc(C)c1-c1cc2c(nn1)N([C@H]1C[C@@](C)(O)[C@H]1C)CC2. The van der Waals surface area contributed by atoms with Crippen LogP contribution in [-0.2, 0) is 17.3 Å². The topological polar surface area (TPSA) is 67.7 Å². The minimum absolute atomic E-state index is 0.0574. The smallest absolute Gasteiger partial charge is 0.416 e. The van der Waals surface area contributed by atoms with Gasteiger partial charge in [-0.05, 0) is 50.5 Å². The Morgan fingerprint density at radius 2 is 2.00 bits per heavy atom. The summed E-state index contributed by atoms with van der Waals surface area (Å²) in [6.07, 6.45) is -3.06. The van der Waals surface area contributed by atoms with Crippen molar-refractivity contribution >= 4 is 5.82 Å². The third-order valence-electron chi connectivity index (χ3n) is 6.54. The summed E-state index contributed by atoms with van der Waals surface area (Å²) < 4.78 is 50.2. The van der Waals surface area contributed by atoms with Crippen LogP contribution >= 0.6 is 0 Å². The summed E-state index contributed by atoms with van der Waals surface area (Å²) in [5.41, 5.74) is 0.858. The van der Waals surface area contributed by atoms with Gasteiger partial charge in [0.25, 0.3) is 0 Å². The first-order chi connectivity index (χ1) is 14.5. The lowest BCUT2D eigenvalue weighted by atomic mass is 9.67. The molecule has 1 N–H and O–H groups in total. The van der Waals surface area contributed by atoms with Crippen molar-refractivity contribution in [3.63, 3.8) is 0 Å². The van der Waals surface area contributed by atoms with E-state index in [0.29, 0.717) is 23.2 Å². The van der Waals surface area contributed by atoms with Gasteiger partial charge in [-0.25, -0.2) is 0 Å². The van der Waals surface area contributed by atoms with Gasteiger partial charge in [-0.1, -0.05) is 6.92 Å². The highest BCUT2D eigenvalue weighted by Crippen LogP contribution is 2.45. The van der Waals surface area contributed by atoms with Gasteiger partial charge in [0.05, 0.1) is 16.9 Å². The van der Waals surface area contributed by atoms with E-state index in [2.05, 4.69) is 15.1 Å². The number of benzene rings is 1. The Hall–Kier alpha value is -2.39. The van der Waals surface area contributed by atoms with Gasteiger partial charge in [-0.2, -0.15) is 13.2 Å². The van der Waals surface area contributed by atoms with Crippen LogP contribution in [0.3, 0.4) is 0 Å². The van der Waals surface area contributed by atoms with Crippen LogP contribution in [0.4, 0.5) is 19.0 Å². The predicted octanol–water partition coefficient (Wildman–Crippen LogP) is 3.98.